The topological polar surface area (TPSA) is 58.7 Å². The Balaban J connectivity index is 2.24. The molecule has 0 amide bonds. The number of nitrogens with two attached hydrogens (primary N) is 1. The summed E-state index contributed by atoms with van der Waals surface area (Å²) in [5.41, 5.74) is 6.30. The smallest absolute Gasteiger partial charge is 0.0730 e. The molecule has 0 radical (unpaired) electrons. The van der Waals surface area contributed by atoms with Gasteiger partial charge in [0.2, 0.25) is 0 Å². The standard InChI is InChI=1S/C13H26N2O2/c1-8-9(2)15(6-7-16)13-11(17-3)5-4-10(14)12(8)13/h8-13,16H,4-7,14H2,1-3H3. The molecule has 100 valence electrons. The molecule has 1 aliphatic heterocycles. The van der Waals surface area contributed by atoms with Crippen LogP contribution in [0.4, 0.5) is 0 Å². The molecule has 0 spiro atoms. The monoisotopic (exact) mass is 242 g/mol. The minimum absolute atomic E-state index is 0.214. The minimum Gasteiger partial charge on any atom is -0.395 e. The summed E-state index contributed by atoms with van der Waals surface area (Å²) in [4.78, 5) is 2.41. The second-order valence-corrected chi connectivity index (χ2v) is 5.64. The third kappa shape index (κ3) is 2.12. The van der Waals surface area contributed by atoms with Gasteiger partial charge in [-0.1, -0.05) is 6.92 Å². The van der Waals surface area contributed by atoms with E-state index < -0.39 is 0 Å². The van der Waals surface area contributed by atoms with Crippen molar-refractivity contribution in [3.8, 4) is 0 Å². The van der Waals surface area contributed by atoms with E-state index in [4.69, 9.17) is 10.5 Å². The van der Waals surface area contributed by atoms with Crippen molar-refractivity contribution < 1.29 is 9.84 Å². The number of likely N-dealkylation sites (tertiary alicyclic amines) is 1. The maximum absolute atomic E-state index is 9.23. The Morgan fingerprint density at radius 1 is 1.35 bits per heavy atom. The normalized spacial score (nSPS) is 47.1. The van der Waals surface area contributed by atoms with Gasteiger partial charge in [0.25, 0.3) is 0 Å². The van der Waals surface area contributed by atoms with Crippen LogP contribution >= 0.6 is 0 Å². The zero-order valence-electron chi connectivity index (χ0n) is 11.2. The molecular weight excluding hydrogens is 216 g/mol. The van der Waals surface area contributed by atoms with Crippen LogP contribution in [0.1, 0.15) is 26.7 Å². The average Bonchev–Trinajstić information content (AvgIpc) is 2.57. The SMILES string of the molecule is COC1CCC(N)C2C(C)C(C)N(CCO)C12. The lowest BCUT2D eigenvalue weighted by Crippen LogP contribution is -2.53. The molecule has 6 atom stereocenters. The molecule has 2 fully saturated rings. The fraction of sp³-hybridized carbons (Fsp3) is 1.00. The van der Waals surface area contributed by atoms with Crippen LogP contribution in [0.25, 0.3) is 0 Å². The van der Waals surface area contributed by atoms with Crippen LogP contribution in [0.3, 0.4) is 0 Å². The molecule has 1 heterocycles. The number of methoxy groups -OCH3 is 1. The minimum atomic E-state index is 0.214. The van der Waals surface area contributed by atoms with Crippen LogP contribution in [-0.2, 0) is 4.74 Å². The summed E-state index contributed by atoms with van der Waals surface area (Å²) in [7, 11) is 1.79. The Bertz CT molecular complexity index is 262. The number of β-amino-alcohol motifs (C(OH)–C–C–N with tert-alkyl or cyclic N) is 1. The highest BCUT2D eigenvalue weighted by atomic mass is 16.5. The van der Waals surface area contributed by atoms with Gasteiger partial charge in [0.1, 0.15) is 0 Å². The maximum Gasteiger partial charge on any atom is 0.0730 e. The zero-order chi connectivity index (χ0) is 12.6. The number of aliphatic hydroxyl groups excluding tert-OH is 1. The summed E-state index contributed by atoms with van der Waals surface area (Å²) < 4.78 is 5.65. The lowest BCUT2D eigenvalue weighted by Gasteiger charge is -2.41. The second-order valence-electron chi connectivity index (χ2n) is 5.64. The molecule has 3 N–H and O–H groups in total. The van der Waals surface area contributed by atoms with Crippen molar-refractivity contribution in [3.05, 3.63) is 0 Å². The molecule has 1 aliphatic carbocycles. The van der Waals surface area contributed by atoms with Crippen molar-refractivity contribution in [3.63, 3.8) is 0 Å². The van der Waals surface area contributed by atoms with E-state index in [0.29, 0.717) is 23.9 Å². The van der Waals surface area contributed by atoms with E-state index in [9.17, 15) is 5.11 Å². The van der Waals surface area contributed by atoms with Gasteiger partial charge in [-0.2, -0.15) is 0 Å². The molecule has 0 aromatic carbocycles. The number of hydrogen-bond donors (Lipinski definition) is 2. The number of aliphatic hydroxyl groups is 1. The summed E-state index contributed by atoms with van der Waals surface area (Å²) in [5, 5.41) is 9.23. The lowest BCUT2D eigenvalue weighted by atomic mass is 9.74. The van der Waals surface area contributed by atoms with E-state index >= 15 is 0 Å². The summed E-state index contributed by atoms with van der Waals surface area (Å²) in [6.45, 7) is 5.49. The highest BCUT2D eigenvalue weighted by Crippen LogP contribution is 2.43. The van der Waals surface area contributed by atoms with Gasteiger partial charge in [0, 0.05) is 31.8 Å². The molecule has 0 aromatic rings. The van der Waals surface area contributed by atoms with Gasteiger partial charge in [0.15, 0.2) is 0 Å². The van der Waals surface area contributed by atoms with Gasteiger partial charge in [-0.15, -0.1) is 0 Å². The first-order chi connectivity index (χ1) is 8.11. The quantitative estimate of drug-likeness (QED) is 0.754. The van der Waals surface area contributed by atoms with Crippen molar-refractivity contribution >= 4 is 0 Å². The first-order valence-corrected chi connectivity index (χ1v) is 6.76. The first-order valence-electron chi connectivity index (χ1n) is 6.76. The third-order valence-corrected chi connectivity index (χ3v) is 4.99. The summed E-state index contributed by atoms with van der Waals surface area (Å²) in [6.07, 6.45) is 2.38. The Kier molecular flexibility index (Phi) is 4.08. The van der Waals surface area contributed by atoms with E-state index in [1.807, 2.05) is 0 Å². The maximum atomic E-state index is 9.23. The predicted molar refractivity (Wildman–Crippen MR) is 67.7 cm³/mol. The molecule has 17 heavy (non-hydrogen) atoms. The molecule has 0 bridgehead atoms. The summed E-state index contributed by atoms with van der Waals surface area (Å²) in [5.74, 6) is 1.09. The van der Waals surface area contributed by atoms with E-state index in [2.05, 4.69) is 18.7 Å². The molecular formula is C13H26N2O2. The Labute approximate surface area is 104 Å². The average molecular weight is 242 g/mol. The van der Waals surface area contributed by atoms with Gasteiger partial charge in [0.05, 0.1) is 12.7 Å². The van der Waals surface area contributed by atoms with Crippen LogP contribution in [0, 0.1) is 11.8 Å². The van der Waals surface area contributed by atoms with Crippen LogP contribution in [0.2, 0.25) is 0 Å². The van der Waals surface area contributed by atoms with E-state index in [0.717, 1.165) is 19.4 Å². The van der Waals surface area contributed by atoms with Crippen LogP contribution in [-0.4, -0.2) is 54.5 Å². The second kappa shape index (κ2) is 5.22. The number of hydrogen-bond acceptors (Lipinski definition) is 4. The zero-order valence-corrected chi connectivity index (χ0v) is 11.2. The van der Waals surface area contributed by atoms with E-state index in [1.54, 1.807) is 7.11 Å². The van der Waals surface area contributed by atoms with Crippen LogP contribution < -0.4 is 5.73 Å². The number of ether oxygens (including phenoxy) is 1. The third-order valence-electron chi connectivity index (χ3n) is 4.99. The van der Waals surface area contributed by atoms with Gasteiger partial charge >= 0.3 is 0 Å². The van der Waals surface area contributed by atoms with Gasteiger partial charge in [-0.25, -0.2) is 0 Å². The van der Waals surface area contributed by atoms with E-state index in [-0.39, 0.29) is 18.8 Å². The summed E-state index contributed by atoms with van der Waals surface area (Å²) >= 11 is 0. The summed E-state index contributed by atoms with van der Waals surface area (Å²) in [6, 6.07) is 1.16. The molecule has 4 heteroatoms. The molecule has 2 rings (SSSR count). The van der Waals surface area contributed by atoms with Crippen molar-refractivity contribution in [1.29, 1.82) is 0 Å². The molecule has 1 saturated heterocycles. The van der Waals surface area contributed by atoms with Gasteiger partial charge in [-0.05, 0) is 31.6 Å². The molecule has 6 unspecified atom stereocenters. The van der Waals surface area contributed by atoms with Crippen LogP contribution in [0.5, 0.6) is 0 Å². The first kappa shape index (κ1) is 13.3. The number of rotatable bonds is 3. The van der Waals surface area contributed by atoms with Crippen LogP contribution in [0.15, 0.2) is 0 Å². The van der Waals surface area contributed by atoms with Gasteiger partial charge in [-0.3, -0.25) is 4.90 Å². The van der Waals surface area contributed by atoms with Crippen molar-refractivity contribution in [2.75, 3.05) is 20.3 Å². The number of nitrogens with zero attached hydrogens (tertiary/aromatic N) is 1. The highest BCUT2D eigenvalue weighted by molar-refractivity contribution is 5.06. The fourth-order valence-electron chi connectivity index (χ4n) is 3.98. The van der Waals surface area contributed by atoms with Crippen molar-refractivity contribution in [2.24, 2.45) is 17.6 Å². The molecule has 4 nitrogen and oxygen atoms in total. The highest BCUT2D eigenvalue weighted by Gasteiger charge is 2.51. The largest absolute Gasteiger partial charge is 0.395 e. The van der Waals surface area contributed by atoms with Crippen molar-refractivity contribution in [2.45, 2.75) is 50.9 Å². The lowest BCUT2D eigenvalue weighted by molar-refractivity contribution is -0.0244. The Morgan fingerprint density at radius 3 is 2.65 bits per heavy atom. The molecule has 2 aliphatic rings. The Morgan fingerprint density at radius 2 is 2.06 bits per heavy atom. The van der Waals surface area contributed by atoms with Gasteiger partial charge < -0.3 is 15.6 Å². The molecule has 0 aromatic heterocycles. The Hall–Kier alpha value is -0.160. The predicted octanol–water partition coefficient (Wildman–Crippen LogP) is 0.440. The molecule has 1 saturated carbocycles. The van der Waals surface area contributed by atoms with E-state index in [1.165, 1.54) is 0 Å². The fourth-order valence-corrected chi connectivity index (χ4v) is 3.98. The van der Waals surface area contributed by atoms with Crippen molar-refractivity contribution in [1.82, 2.24) is 4.90 Å². The number of fused-ring (bicyclic) bond motifs is 1.